The predicted molar refractivity (Wildman–Crippen MR) is 109 cm³/mol. The summed E-state index contributed by atoms with van der Waals surface area (Å²) in [5.41, 5.74) is 0.806. The smallest absolute Gasteiger partial charge is 0.316 e. The molecule has 0 spiro atoms. The summed E-state index contributed by atoms with van der Waals surface area (Å²) in [6.07, 6.45) is 2.02. The number of urea groups is 1. The molecule has 2 N–H and O–H groups in total. The van der Waals surface area contributed by atoms with Gasteiger partial charge in [-0.1, -0.05) is 43.3 Å². The van der Waals surface area contributed by atoms with Crippen molar-refractivity contribution in [2.24, 2.45) is 5.92 Å². The number of rotatable bonds is 5. The highest BCUT2D eigenvalue weighted by Crippen LogP contribution is 2.22. The summed E-state index contributed by atoms with van der Waals surface area (Å²) in [6, 6.07) is 12.3. The fourth-order valence-electron chi connectivity index (χ4n) is 3.32. The van der Waals surface area contributed by atoms with Crippen LogP contribution in [0.25, 0.3) is 0 Å². The molecule has 1 aliphatic rings. The minimum absolute atomic E-state index is 0.0352. The van der Waals surface area contributed by atoms with Crippen molar-refractivity contribution in [1.82, 2.24) is 15.5 Å². The number of thiophene rings is 1. The summed E-state index contributed by atoms with van der Waals surface area (Å²) in [5.74, 6) is 0.610. The molecule has 0 unspecified atom stereocenters. The molecule has 2 heterocycles. The number of piperidine rings is 1. The molecule has 0 aliphatic carbocycles. The first-order valence-electron chi connectivity index (χ1n) is 9.48. The Bertz CT molecular complexity index is 740. The molecule has 5 nitrogen and oxygen atoms in total. The molecule has 2 atom stereocenters. The van der Waals surface area contributed by atoms with Gasteiger partial charge in [-0.25, -0.2) is 4.79 Å². The predicted octanol–water partition coefficient (Wildman–Crippen LogP) is 4.11. The number of amides is 3. The first kappa shape index (κ1) is 19.4. The number of hydrogen-bond donors (Lipinski definition) is 2. The van der Waals surface area contributed by atoms with Crippen molar-refractivity contribution in [3.05, 3.63) is 58.3 Å². The monoisotopic (exact) mass is 385 g/mol. The van der Waals surface area contributed by atoms with Crippen LogP contribution in [-0.2, 0) is 4.79 Å². The molecule has 1 aromatic heterocycles. The third kappa shape index (κ3) is 5.10. The van der Waals surface area contributed by atoms with Crippen molar-refractivity contribution in [1.29, 1.82) is 0 Å². The Morgan fingerprint density at radius 1 is 1.07 bits per heavy atom. The number of carbonyl (C=O) groups excluding carboxylic acids is 2. The van der Waals surface area contributed by atoms with E-state index in [1.54, 1.807) is 11.3 Å². The molecular formula is C21H27N3O2S. The van der Waals surface area contributed by atoms with Crippen molar-refractivity contribution in [3.8, 4) is 0 Å². The normalized spacial score (nSPS) is 17.2. The highest BCUT2D eigenvalue weighted by Gasteiger charge is 2.29. The van der Waals surface area contributed by atoms with Crippen LogP contribution in [0, 0.1) is 5.92 Å². The molecule has 3 rings (SSSR count). The van der Waals surface area contributed by atoms with Gasteiger partial charge in [-0.2, -0.15) is 0 Å². The Morgan fingerprint density at radius 2 is 1.78 bits per heavy atom. The van der Waals surface area contributed by atoms with E-state index in [-0.39, 0.29) is 18.0 Å². The van der Waals surface area contributed by atoms with Crippen molar-refractivity contribution < 1.29 is 9.59 Å². The van der Waals surface area contributed by atoms with Gasteiger partial charge in [0.05, 0.1) is 6.04 Å². The van der Waals surface area contributed by atoms with Crippen LogP contribution >= 0.6 is 11.3 Å². The topological polar surface area (TPSA) is 61.4 Å². The Balaban J connectivity index is 1.70. The molecule has 1 aliphatic heterocycles. The molecule has 1 saturated heterocycles. The lowest BCUT2D eigenvalue weighted by atomic mass is 9.97. The fourth-order valence-corrected chi connectivity index (χ4v) is 4.06. The minimum Gasteiger partial charge on any atom is -0.341 e. The summed E-state index contributed by atoms with van der Waals surface area (Å²) < 4.78 is 0. The number of carbonyl (C=O) groups is 2. The van der Waals surface area contributed by atoms with Crippen LogP contribution in [0.2, 0.25) is 0 Å². The van der Waals surface area contributed by atoms with Crippen molar-refractivity contribution in [3.63, 3.8) is 0 Å². The summed E-state index contributed by atoms with van der Waals surface area (Å²) in [6.45, 7) is 5.65. The first-order chi connectivity index (χ1) is 13.0. The zero-order valence-corrected chi connectivity index (χ0v) is 16.7. The molecular weight excluding hydrogens is 358 g/mol. The Labute approximate surface area is 164 Å². The average Bonchev–Trinajstić information content (AvgIpc) is 3.22. The maximum atomic E-state index is 13.1. The first-order valence-corrected chi connectivity index (χ1v) is 10.4. The molecule has 0 saturated carbocycles. The van der Waals surface area contributed by atoms with Crippen LogP contribution in [0.1, 0.15) is 49.2 Å². The van der Waals surface area contributed by atoms with Gasteiger partial charge in [-0.05, 0) is 42.7 Å². The lowest BCUT2D eigenvalue weighted by Crippen LogP contribution is -2.48. The van der Waals surface area contributed by atoms with Gasteiger partial charge >= 0.3 is 6.03 Å². The second kappa shape index (κ2) is 9.04. The molecule has 144 valence electrons. The number of nitrogens with one attached hydrogen (secondary N) is 2. The van der Waals surface area contributed by atoms with E-state index in [1.165, 1.54) is 0 Å². The average molecular weight is 386 g/mol. The summed E-state index contributed by atoms with van der Waals surface area (Å²) >= 11 is 1.60. The zero-order valence-electron chi connectivity index (χ0n) is 15.9. The second-order valence-electron chi connectivity index (χ2n) is 7.21. The van der Waals surface area contributed by atoms with Crippen molar-refractivity contribution in [2.75, 3.05) is 13.1 Å². The molecule has 0 bridgehead atoms. The van der Waals surface area contributed by atoms with Gasteiger partial charge in [0.25, 0.3) is 0 Å². The van der Waals surface area contributed by atoms with Crippen LogP contribution < -0.4 is 10.6 Å². The lowest BCUT2D eigenvalue weighted by molar-refractivity contribution is -0.134. The van der Waals surface area contributed by atoms with Gasteiger partial charge in [0.1, 0.15) is 6.04 Å². The number of likely N-dealkylation sites (tertiary alicyclic amines) is 1. The van der Waals surface area contributed by atoms with E-state index in [4.69, 9.17) is 0 Å². The number of benzene rings is 1. The van der Waals surface area contributed by atoms with E-state index < -0.39 is 6.04 Å². The van der Waals surface area contributed by atoms with Crippen LogP contribution in [0.4, 0.5) is 4.79 Å². The van der Waals surface area contributed by atoms with Crippen LogP contribution in [0.15, 0.2) is 47.8 Å². The molecule has 1 fully saturated rings. The van der Waals surface area contributed by atoms with Gasteiger partial charge in [0.15, 0.2) is 0 Å². The van der Waals surface area contributed by atoms with Crippen molar-refractivity contribution in [2.45, 2.75) is 38.8 Å². The molecule has 1 aromatic carbocycles. The van der Waals surface area contributed by atoms with Crippen LogP contribution in [0.5, 0.6) is 0 Å². The zero-order chi connectivity index (χ0) is 19.2. The quantitative estimate of drug-likeness (QED) is 0.814. The molecule has 2 aromatic rings. The molecule has 3 amide bonds. The largest absolute Gasteiger partial charge is 0.341 e. The van der Waals surface area contributed by atoms with E-state index in [1.807, 2.05) is 59.7 Å². The second-order valence-corrected chi connectivity index (χ2v) is 8.19. The maximum absolute atomic E-state index is 13.1. The minimum atomic E-state index is -0.671. The Morgan fingerprint density at radius 3 is 2.41 bits per heavy atom. The third-order valence-corrected chi connectivity index (χ3v) is 6.12. The van der Waals surface area contributed by atoms with Gasteiger partial charge < -0.3 is 15.5 Å². The summed E-state index contributed by atoms with van der Waals surface area (Å²) in [5, 5.41) is 7.82. The molecule has 6 heteroatoms. The van der Waals surface area contributed by atoms with Gasteiger partial charge in [0, 0.05) is 18.0 Å². The standard InChI is InChI=1S/C21H27N3O2S/c1-15-10-12-24(13-11-15)20(25)19(17-7-4-3-5-8-17)23-21(26)22-16(2)18-9-6-14-27-18/h3-9,14-16,19H,10-13H2,1-2H3,(H2,22,23,26)/t16-,19+/m1/s1. The number of nitrogens with zero attached hydrogens (tertiary/aromatic N) is 1. The van der Waals surface area contributed by atoms with E-state index in [0.717, 1.165) is 36.4 Å². The van der Waals surface area contributed by atoms with Crippen molar-refractivity contribution >= 4 is 23.3 Å². The van der Waals surface area contributed by atoms with E-state index in [0.29, 0.717) is 5.92 Å². The van der Waals surface area contributed by atoms with Gasteiger partial charge in [-0.3, -0.25) is 4.79 Å². The molecule has 0 radical (unpaired) electrons. The van der Waals surface area contributed by atoms with E-state index in [9.17, 15) is 9.59 Å². The SMILES string of the molecule is CC1CCN(C(=O)[C@@H](NC(=O)N[C@H](C)c2cccs2)c2ccccc2)CC1. The van der Waals surface area contributed by atoms with Gasteiger partial charge in [0.2, 0.25) is 5.91 Å². The number of hydrogen-bond acceptors (Lipinski definition) is 3. The fraction of sp³-hybridized carbons (Fsp3) is 0.429. The Kier molecular flexibility index (Phi) is 6.50. The summed E-state index contributed by atoms with van der Waals surface area (Å²) in [7, 11) is 0. The highest BCUT2D eigenvalue weighted by molar-refractivity contribution is 7.10. The maximum Gasteiger partial charge on any atom is 0.316 e. The van der Waals surface area contributed by atoms with E-state index in [2.05, 4.69) is 17.6 Å². The third-order valence-electron chi connectivity index (χ3n) is 5.07. The van der Waals surface area contributed by atoms with E-state index >= 15 is 0 Å². The Hall–Kier alpha value is -2.34. The van der Waals surface area contributed by atoms with Gasteiger partial charge in [-0.15, -0.1) is 11.3 Å². The van der Waals surface area contributed by atoms with Crippen LogP contribution in [-0.4, -0.2) is 29.9 Å². The highest BCUT2D eigenvalue weighted by atomic mass is 32.1. The van der Waals surface area contributed by atoms with Crippen LogP contribution in [0.3, 0.4) is 0 Å². The molecule has 27 heavy (non-hydrogen) atoms. The summed E-state index contributed by atoms with van der Waals surface area (Å²) in [4.78, 5) is 28.7. The lowest BCUT2D eigenvalue weighted by Gasteiger charge is -2.33.